The largest absolute Gasteiger partial charge is 0.387 e. The number of aryl methyl sites for hydroxylation is 1. The van der Waals surface area contributed by atoms with Crippen LogP contribution < -0.4 is 0 Å². The predicted molar refractivity (Wildman–Crippen MR) is 62.2 cm³/mol. The van der Waals surface area contributed by atoms with Crippen molar-refractivity contribution >= 4 is 11.3 Å². The van der Waals surface area contributed by atoms with Crippen molar-refractivity contribution in [3.63, 3.8) is 0 Å². The van der Waals surface area contributed by atoms with Gasteiger partial charge in [-0.05, 0) is 37.3 Å². The van der Waals surface area contributed by atoms with Gasteiger partial charge in [0.1, 0.15) is 0 Å². The van der Waals surface area contributed by atoms with E-state index in [-0.39, 0.29) is 6.10 Å². The summed E-state index contributed by atoms with van der Waals surface area (Å²) >= 11 is 1.74. The molecule has 3 heteroatoms. The number of aliphatic hydroxyl groups is 1. The molecule has 2 heterocycles. The molecule has 0 saturated carbocycles. The minimum absolute atomic E-state index is 0.279. The lowest BCUT2D eigenvalue weighted by atomic mass is 9.93. The molecule has 1 saturated heterocycles. The highest BCUT2D eigenvalue weighted by atomic mass is 32.1. The van der Waals surface area contributed by atoms with E-state index in [0.29, 0.717) is 5.92 Å². The van der Waals surface area contributed by atoms with Crippen molar-refractivity contribution < 1.29 is 9.84 Å². The van der Waals surface area contributed by atoms with Crippen LogP contribution in [0.15, 0.2) is 12.1 Å². The normalized spacial score (nSPS) is 20.4. The molecule has 0 aromatic carbocycles. The fourth-order valence-corrected chi connectivity index (χ4v) is 3.04. The summed E-state index contributed by atoms with van der Waals surface area (Å²) < 4.78 is 5.30. The summed E-state index contributed by atoms with van der Waals surface area (Å²) in [5, 5.41) is 10.2. The smallest absolute Gasteiger partial charge is 0.0911 e. The zero-order chi connectivity index (χ0) is 10.7. The first-order valence-electron chi connectivity index (χ1n) is 5.65. The van der Waals surface area contributed by atoms with Crippen molar-refractivity contribution in [1.29, 1.82) is 0 Å². The van der Waals surface area contributed by atoms with Crippen LogP contribution in [0, 0.1) is 5.92 Å². The van der Waals surface area contributed by atoms with Gasteiger partial charge in [0.15, 0.2) is 0 Å². The molecular formula is C12H18O2S. The van der Waals surface area contributed by atoms with Crippen LogP contribution in [0.4, 0.5) is 0 Å². The van der Waals surface area contributed by atoms with Crippen LogP contribution in [0.5, 0.6) is 0 Å². The standard InChI is InChI=1S/C12H18O2S/c1-2-10-3-4-11(15-10)12(13)9-5-7-14-8-6-9/h3-4,9,12-13H,2,5-8H2,1H3. The van der Waals surface area contributed by atoms with Gasteiger partial charge in [-0.15, -0.1) is 11.3 Å². The fourth-order valence-electron chi connectivity index (χ4n) is 2.01. The van der Waals surface area contributed by atoms with Crippen LogP contribution in [-0.2, 0) is 11.2 Å². The summed E-state index contributed by atoms with van der Waals surface area (Å²) in [5.41, 5.74) is 0. The second-order valence-electron chi connectivity index (χ2n) is 4.05. The average molecular weight is 226 g/mol. The van der Waals surface area contributed by atoms with Gasteiger partial charge < -0.3 is 9.84 Å². The van der Waals surface area contributed by atoms with Gasteiger partial charge in [-0.3, -0.25) is 0 Å². The summed E-state index contributed by atoms with van der Waals surface area (Å²) in [6.07, 6.45) is 2.76. The Morgan fingerprint density at radius 3 is 2.80 bits per heavy atom. The third kappa shape index (κ3) is 2.60. The lowest BCUT2D eigenvalue weighted by Gasteiger charge is -2.25. The molecule has 1 N–H and O–H groups in total. The summed E-state index contributed by atoms with van der Waals surface area (Å²) in [6, 6.07) is 4.20. The second-order valence-corrected chi connectivity index (χ2v) is 5.25. The second kappa shape index (κ2) is 5.10. The number of ether oxygens (including phenoxy) is 1. The molecule has 0 radical (unpaired) electrons. The van der Waals surface area contributed by atoms with Gasteiger partial charge in [-0.2, -0.15) is 0 Å². The Labute approximate surface area is 94.9 Å². The van der Waals surface area contributed by atoms with E-state index in [2.05, 4.69) is 19.1 Å². The number of thiophene rings is 1. The maximum Gasteiger partial charge on any atom is 0.0911 e. The highest BCUT2D eigenvalue weighted by Crippen LogP contribution is 2.33. The molecule has 0 aliphatic carbocycles. The summed E-state index contributed by atoms with van der Waals surface area (Å²) in [5.74, 6) is 0.391. The first kappa shape index (κ1) is 11.1. The van der Waals surface area contributed by atoms with Crippen molar-refractivity contribution in [3.8, 4) is 0 Å². The van der Waals surface area contributed by atoms with E-state index in [9.17, 15) is 5.11 Å². The highest BCUT2D eigenvalue weighted by molar-refractivity contribution is 7.12. The van der Waals surface area contributed by atoms with E-state index in [0.717, 1.165) is 37.4 Å². The average Bonchev–Trinajstić information content (AvgIpc) is 2.78. The number of rotatable bonds is 3. The summed E-state index contributed by atoms with van der Waals surface area (Å²) in [7, 11) is 0. The van der Waals surface area contributed by atoms with Crippen molar-refractivity contribution in [3.05, 3.63) is 21.9 Å². The minimum Gasteiger partial charge on any atom is -0.387 e. The molecule has 1 aliphatic rings. The van der Waals surface area contributed by atoms with Gasteiger partial charge in [-0.25, -0.2) is 0 Å². The van der Waals surface area contributed by atoms with Crippen molar-refractivity contribution in [2.24, 2.45) is 5.92 Å². The van der Waals surface area contributed by atoms with E-state index in [1.165, 1.54) is 4.88 Å². The highest BCUT2D eigenvalue weighted by Gasteiger charge is 2.24. The molecule has 1 aromatic rings. The van der Waals surface area contributed by atoms with Crippen molar-refractivity contribution in [2.45, 2.75) is 32.3 Å². The predicted octanol–water partition coefficient (Wildman–Crippen LogP) is 2.77. The molecule has 1 atom stereocenters. The van der Waals surface area contributed by atoms with Crippen molar-refractivity contribution in [2.75, 3.05) is 13.2 Å². The van der Waals surface area contributed by atoms with Crippen LogP contribution in [0.25, 0.3) is 0 Å². The van der Waals surface area contributed by atoms with Crippen LogP contribution in [0.1, 0.15) is 35.6 Å². The molecule has 1 unspecified atom stereocenters. The van der Waals surface area contributed by atoms with Gasteiger partial charge in [0.05, 0.1) is 6.10 Å². The molecule has 0 amide bonds. The molecular weight excluding hydrogens is 208 g/mol. The number of hydrogen-bond donors (Lipinski definition) is 1. The topological polar surface area (TPSA) is 29.5 Å². The first-order valence-corrected chi connectivity index (χ1v) is 6.47. The zero-order valence-electron chi connectivity index (χ0n) is 9.11. The lowest BCUT2D eigenvalue weighted by molar-refractivity contribution is 0.00853. The van der Waals surface area contributed by atoms with Crippen LogP contribution in [-0.4, -0.2) is 18.3 Å². The van der Waals surface area contributed by atoms with Crippen LogP contribution in [0.2, 0.25) is 0 Å². The third-order valence-electron chi connectivity index (χ3n) is 3.03. The van der Waals surface area contributed by atoms with Gasteiger partial charge in [0.25, 0.3) is 0 Å². The number of aliphatic hydroxyl groups excluding tert-OH is 1. The molecule has 84 valence electrons. The monoisotopic (exact) mass is 226 g/mol. The van der Waals surface area contributed by atoms with Gasteiger partial charge in [0.2, 0.25) is 0 Å². The molecule has 1 aliphatic heterocycles. The van der Waals surface area contributed by atoms with E-state index in [1.807, 2.05) is 0 Å². The molecule has 1 fully saturated rings. The fraction of sp³-hybridized carbons (Fsp3) is 0.667. The Bertz CT molecular complexity index is 302. The van der Waals surface area contributed by atoms with Crippen LogP contribution in [0.3, 0.4) is 0 Å². The third-order valence-corrected chi connectivity index (χ3v) is 4.34. The SMILES string of the molecule is CCc1ccc(C(O)C2CCOCC2)s1. The van der Waals surface area contributed by atoms with Crippen molar-refractivity contribution in [1.82, 2.24) is 0 Å². The van der Waals surface area contributed by atoms with Gasteiger partial charge >= 0.3 is 0 Å². The van der Waals surface area contributed by atoms with E-state index >= 15 is 0 Å². The maximum atomic E-state index is 10.2. The van der Waals surface area contributed by atoms with E-state index < -0.39 is 0 Å². The quantitative estimate of drug-likeness (QED) is 0.858. The summed E-state index contributed by atoms with van der Waals surface area (Å²) in [4.78, 5) is 2.48. The van der Waals surface area contributed by atoms with E-state index in [4.69, 9.17) is 4.74 Å². The Morgan fingerprint density at radius 1 is 1.47 bits per heavy atom. The van der Waals surface area contributed by atoms with Gasteiger partial charge in [0, 0.05) is 23.0 Å². The zero-order valence-corrected chi connectivity index (χ0v) is 9.93. The molecule has 0 spiro atoms. The first-order chi connectivity index (χ1) is 7.31. The molecule has 15 heavy (non-hydrogen) atoms. The van der Waals surface area contributed by atoms with Crippen LogP contribution >= 0.6 is 11.3 Å². The minimum atomic E-state index is -0.279. The molecule has 2 nitrogen and oxygen atoms in total. The Kier molecular flexibility index (Phi) is 3.78. The Morgan fingerprint density at radius 2 is 2.20 bits per heavy atom. The number of hydrogen-bond acceptors (Lipinski definition) is 3. The molecule has 1 aromatic heterocycles. The Balaban J connectivity index is 2.02. The van der Waals surface area contributed by atoms with Gasteiger partial charge in [-0.1, -0.05) is 6.92 Å². The lowest BCUT2D eigenvalue weighted by Crippen LogP contribution is -2.21. The molecule has 2 rings (SSSR count). The molecule has 0 bridgehead atoms. The maximum absolute atomic E-state index is 10.2. The Hall–Kier alpha value is -0.380. The summed E-state index contributed by atoms with van der Waals surface area (Å²) in [6.45, 7) is 3.75. The van der Waals surface area contributed by atoms with E-state index in [1.54, 1.807) is 11.3 Å².